The first-order chi connectivity index (χ1) is 11.9. The molecule has 6 nitrogen and oxygen atoms in total. The van der Waals surface area contributed by atoms with Gasteiger partial charge in [-0.3, -0.25) is 4.90 Å². The number of allylic oxidation sites excluding steroid dienone is 1. The van der Waals surface area contributed by atoms with Crippen molar-refractivity contribution in [1.29, 1.82) is 0 Å². The Labute approximate surface area is 150 Å². The average molecular weight is 353 g/mol. The van der Waals surface area contributed by atoms with Crippen molar-refractivity contribution in [3.05, 3.63) is 12.2 Å². The smallest absolute Gasteiger partial charge is 0.373 e. The second kappa shape index (κ2) is 11.0. The molecule has 0 saturated carbocycles. The van der Waals surface area contributed by atoms with Crippen LogP contribution in [0.3, 0.4) is 0 Å². The van der Waals surface area contributed by atoms with Crippen molar-refractivity contribution >= 4 is 18.3 Å². The number of ether oxygens (including phenoxy) is 2. The molecule has 0 aliphatic carbocycles. The number of unbranched alkanes of at least 4 members (excludes halogenated alkanes) is 7. The maximum atomic E-state index is 12.1. The van der Waals surface area contributed by atoms with Gasteiger partial charge < -0.3 is 14.3 Å². The third kappa shape index (κ3) is 7.38. The quantitative estimate of drug-likeness (QED) is 0.195. The lowest BCUT2D eigenvalue weighted by Gasteiger charge is -2.30. The minimum absolute atomic E-state index is 0.105. The number of amides is 1. The van der Waals surface area contributed by atoms with E-state index in [1.54, 1.807) is 19.9 Å². The zero-order chi connectivity index (χ0) is 18.7. The maximum Gasteiger partial charge on any atom is 0.420 e. The molecule has 1 aliphatic rings. The van der Waals surface area contributed by atoms with Gasteiger partial charge in [0.15, 0.2) is 0 Å². The summed E-state index contributed by atoms with van der Waals surface area (Å²) in [5.41, 5.74) is -0.968. The highest BCUT2D eigenvalue weighted by Crippen LogP contribution is 2.27. The molecule has 142 valence electrons. The van der Waals surface area contributed by atoms with E-state index in [-0.39, 0.29) is 6.61 Å². The summed E-state index contributed by atoms with van der Waals surface area (Å²) in [5.74, 6) is -0.722. The third-order valence-electron chi connectivity index (χ3n) is 4.29. The lowest BCUT2D eigenvalue weighted by Crippen LogP contribution is -2.49. The molecule has 1 heterocycles. The minimum Gasteiger partial charge on any atom is -0.373 e. The summed E-state index contributed by atoms with van der Waals surface area (Å²) in [6.07, 6.45) is 12.0. The van der Waals surface area contributed by atoms with E-state index in [2.05, 4.69) is 6.92 Å². The van der Waals surface area contributed by atoms with Crippen molar-refractivity contribution in [2.24, 2.45) is 0 Å². The summed E-state index contributed by atoms with van der Waals surface area (Å²) >= 11 is 0. The van der Waals surface area contributed by atoms with Crippen molar-refractivity contribution in [2.45, 2.75) is 83.9 Å². The highest BCUT2D eigenvalue weighted by molar-refractivity contribution is 5.92. The number of carbonyl (C=O) groups is 3. The summed E-state index contributed by atoms with van der Waals surface area (Å²) in [6, 6.07) is -0.730. The molecule has 1 aliphatic heterocycles. The first kappa shape index (κ1) is 21.4. The number of carbonyl (C=O) groups excluding carboxylic acids is 3. The second-order valence-electron chi connectivity index (χ2n) is 6.83. The predicted molar refractivity (Wildman–Crippen MR) is 95.0 cm³/mol. The van der Waals surface area contributed by atoms with Gasteiger partial charge in [-0.25, -0.2) is 9.59 Å². The van der Waals surface area contributed by atoms with E-state index in [0.717, 1.165) is 24.2 Å². The van der Waals surface area contributed by atoms with Crippen molar-refractivity contribution in [3.8, 4) is 0 Å². The van der Waals surface area contributed by atoms with Gasteiger partial charge in [-0.05, 0) is 26.7 Å². The molecule has 1 saturated heterocycles. The van der Waals surface area contributed by atoms with Crippen molar-refractivity contribution < 1.29 is 23.9 Å². The van der Waals surface area contributed by atoms with Gasteiger partial charge in [0.2, 0.25) is 0 Å². The Balaban J connectivity index is 2.27. The Morgan fingerprint density at radius 2 is 1.80 bits per heavy atom. The number of hydrogen-bond donors (Lipinski definition) is 0. The molecule has 0 bridgehead atoms. The van der Waals surface area contributed by atoms with E-state index in [4.69, 9.17) is 9.47 Å². The van der Waals surface area contributed by atoms with E-state index in [1.165, 1.54) is 38.2 Å². The zero-order valence-electron chi connectivity index (χ0n) is 15.7. The van der Waals surface area contributed by atoms with Crippen LogP contribution in [-0.2, 0) is 19.1 Å². The van der Waals surface area contributed by atoms with Crippen molar-refractivity contribution in [3.63, 3.8) is 0 Å². The lowest BCUT2D eigenvalue weighted by atomic mass is 10.1. The lowest BCUT2D eigenvalue weighted by molar-refractivity contribution is -0.135. The minimum atomic E-state index is -0.968. The van der Waals surface area contributed by atoms with Gasteiger partial charge in [-0.15, -0.1) is 0 Å². The number of aldehydes is 1. The van der Waals surface area contributed by atoms with Crippen LogP contribution in [0.4, 0.5) is 4.79 Å². The van der Waals surface area contributed by atoms with E-state index in [9.17, 15) is 14.4 Å². The van der Waals surface area contributed by atoms with Crippen molar-refractivity contribution in [1.82, 2.24) is 4.90 Å². The Bertz CT molecular complexity index is 472. The summed E-state index contributed by atoms with van der Waals surface area (Å²) < 4.78 is 10.2. The van der Waals surface area contributed by atoms with Crippen LogP contribution in [0.15, 0.2) is 12.2 Å². The van der Waals surface area contributed by atoms with Gasteiger partial charge in [0.1, 0.15) is 18.1 Å². The first-order valence-electron chi connectivity index (χ1n) is 9.23. The molecular weight excluding hydrogens is 322 g/mol. The Morgan fingerprint density at radius 1 is 1.16 bits per heavy atom. The van der Waals surface area contributed by atoms with E-state index >= 15 is 0 Å². The van der Waals surface area contributed by atoms with Crippen LogP contribution >= 0.6 is 0 Å². The molecule has 0 aromatic carbocycles. The summed E-state index contributed by atoms with van der Waals surface area (Å²) in [5, 5.41) is 0. The monoisotopic (exact) mass is 353 g/mol. The largest absolute Gasteiger partial charge is 0.420 e. The van der Waals surface area contributed by atoms with Crippen LogP contribution in [0.5, 0.6) is 0 Å². The topological polar surface area (TPSA) is 72.9 Å². The molecule has 0 aromatic rings. The summed E-state index contributed by atoms with van der Waals surface area (Å²) in [4.78, 5) is 36.0. The summed E-state index contributed by atoms with van der Waals surface area (Å²) in [7, 11) is 0. The summed E-state index contributed by atoms with van der Waals surface area (Å²) in [6.45, 7) is 5.61. The Morgan fingerprint density at radius 3 is 2.44 bits per heavy atom. The first-order valence-corrected chi connectivity index (χ1v) is 9.23. The number of esters is 1. The Hall–Kier alpha value is -1.69. The van der Waals surface area contributed by atoms with Gasteiger partial charge in [-0.1, -0.05) is 51.5 Å². The number of rotatable bonds is 10. The zero-order valence-corrected chi connectivity index (χ0v) is 15.7. The van der Waals surface area contributed by atoms with Gasteiger partial charge in [0.05, 0.1) is 6.61 Å². The van der Waals surface area contributed by atoms with Gasteiger partial charge in [0.25, 0.3) is 0 Å². The molecule has 0 N–H and O–H groups in total. The van der Waals surface area contributed by atoms with Crippen molar-refractivity contribution in [2.75, 3.05) is 6.61 Å². The van der Waals surface area contributed by atoms with Gasteiger partial charge in [0, 0.05) is 6.08 Å². The van der Waals surface area contributed by atoms with Crippen LogP contribution in [0.25, 0.3) is 0 Å². The maximum absolute atomic E-state index is 12.1. The molecule has 6 heteroatoms. The van der Waals surface area contributed by atoms with Crippen LogP contribution in [0, 0.1) is 0 Å². The molecular formula is C19H31NO5. The van der Waals surface area contributed by atoms with Crippen LogP contribution in [-0.4, -0.2) is 41.6 Å². The van der Waals surface area contributed by atoms with Gasteiger partial charge in [-0.2, -0.15) is 0 Å². The molecule has 1 fully saturated rings. The SMILES string of the molecule is CCCCCCCCC/C=C/C(=O)OC(=O)N1C(C=O)COC1(C)C. The highest BCUT2D eigenvalue weighted by atomic mass is 16.6. The molecule has 0 aromatic heterocycles. The highest BCUT2D eigenvalue weighted by Gasteiger charge is 2.45. The number of nitrogens with zero attached hydrogens (tertiary/aromatic N) is 1. The molecule has 1 atom stereocenters. The van der Waals surface area contributed by atoms with Crippen LogP contribution < -0.4 is 0 Å². The van der Waals surface area contributed by atoms with E-state index in [1.807, 2.05) is 0 Å². The van der Waals surface area contributed by atoms with Gasteiger partial charge >= 0.3 is 12.1 Å². The normalized spacial score (nSPS) is 19.3. The molecule has 0 spiro atoms. The molecule has 1 unspecified atom stereocenters. The molecule has 0 radical (unpaired) electrons. The molecule has 1 amide bonds. The fourth-order valence-electron chi connectivity index (χ4n) is 2.86. The fraction of sp³-hybridized carbons (Fsp3) is 0.737. The standard InChI is InChI=1S/C19H31NO5/c1-4-5-6-7-8-9-10-11-12-13-17(22)25-18(23)20-16(14-21)15-24-19(20,2)3/h12-14,16H,4-11,15H2,1-3H3/b13-12+. The van der Waals surface area contributed by atoms with E-state index in [0.29, 0.717) is 6.29 Å². The third-order valence-corrected chi connectivity index (χ3v) is 4.29. The second-order valence-corrected chi connectivity index (χ2v) is 6.83. The fourth-order valence-corrected chi connectivity index (χ4v) is 2.86. The predicted octanol–water partition coefficient (Wildman–Crippen LogP) is 3.98. The molecule has 25 heavy (non-hydrogen) atoms. The Kier molecular flexibility index (Phi) is 9.42. The number of hydrogen-bond acceptors (Lipinski definition) is 5. The van der Waals surface area contributed by atoms with E-state index < -0.39 is 23.8 Å². The average Bonchev–Trinajstić information content (AvgIpc) is 2.87. The van der Waals surface area contributed by atoms with Crippen LogP contribution in [0.1, 0.15) is 72.1 Å². The van der Waals surface area contributed by atoms with Crippen LogP contribution in [0.2, 0.25) is 0 Å². The molecule has 1 rings (SSSR count).